The van der Waals surface area contributed by atoms with E-state index in [2.05, 4.69) is 45.9 Å². The highest BCUT2D eigenvalue weighted by Gasteiger charge is 2.16. The Morgan fingerprint density at radius 2 is 1.65 bits per heavy atom. The highest BCUT2D eigenvalue weighted by molar-refractivity contribution is 7.10. The minimum absolute atomic E-state index is 0.0564. The number of amides is 1. The molecule has 134 valence electrons. The van der Waals surface area contributed by atoms with Crippen molar-refractivity contribution in [1.29, 1.82) is 0 Å². The Balaban J connectivity index is 1.56. The number of rotatable bonds is 7. The molecule has 0 fully saturated rings. The zero-order valence-electron chi connectivity index (χ0n) is 15.2. The van der Waals surface area contributed by atoms with Crippen molar-refractivity contribution >= 4 is 17.2 Å². The lowest BCUT2D eigenvalue weighted by Crippen LogP contribution is -2.34. The van der Waals surface area contributed by atoms with Crippen molar-refractivity contribution in [2.75, 3.05) is 20.6 Å². The smallest absolute Gasteiger partial charge is 0.224 e. The third-order valence-corrected chi connectivity index (χ3v) is 5.39. The molecule has 2 aromatic carbocycles. The summed E-state index contributed by atoms with van der Waals surface area (Å²) < 4.78 is 0. The van der Waals surface area contributed by atoms with Crippen LogP contribution >= 0.6 is 11.3 Å². The molecule has 0 saturated heterocycles. The fourth-order valence-electron chi connectivity index (χ4n) is 2.92. The summed E-state index contributed by atoms with van der Waals surface area (Å²) in [6.07, 6.45) is 0.402. The largest absolute Gasteiger partial charge is 0.354 e. The predicted octanol–water partition coefficient (Wildman–Crippen LogP) is 4.38. The molecule has 3 nitrogen and oxygen atoms in total. The average Bonchev–Trinajstić information content (AvgIpc) is 3.17. The van der Waals surface area contributed by atoms with E-state index in [1.165, 1.54) is 16.0 Å². The standard InChI is InChI=1S/C22H24N2OS/c1-24(2)20(21-9-6-14-26-21)16-23-22(25)15-17-10-12-19(13-11-17)18-7-4-3-5-8-18/h3-14,20H,15-16H2,1-2H3,(H,23,25). The lowest BCUT2D eigenvalue weighted by Gasteiger charge is -2.23. The van der Waals surface area contributed by atoms with Gasteiger partial charge in [0, 0.05) is 11.4 Å². The van der Waals surface area contributed by atoms with Crippen LogP contribution in [0.4, 0.5) is 0 Å². The number of nitrogens with one attached hydrogen (secondary N) is 1. The summed E-state index contributed by atoms with van der Waals surface area (Å²) in [6, 6.07) is 22.8. The number of carbonyl (C=O) groups is 1. The van der Waals surface area contributed by atoms with Gasteiger partial charge in [0.15, 0.2) is 0 Å². The summed E-state index contributed by atoms with van der Waals surface area (Å²) >= 11 is 1.72. The Hall–Kier alpha value is -2.43. The van der Waals surface area contributed by atoms with Gasteiger partial charge < -0.3 is 10.2 Å². The van der Waals surface area contributed by atoms with Gasteiger partial charge in [-0.1, -0.05) is 60.7 Å². The molecule has 0 radical (unpaired) electrons. The molecule has 1 atom stereocenters. The van der Waals surface area contributed by atoms with Crippen molar-refractivity contribution < 1.29 is 4.79 Å². The maximum atomic E-state index is 12.3. The summed E-state index contributed by atoms with van der Waals surface area (Å²) in [4.78, 5) is 15.7. The van der Waals surface area contributed by atoms with Crippen molar-refractivity contribution in [2.24, 2.45) is 0 Å². The molecule has 26 heavy (non-hydrogen) atoms. The van der Waals surface area contributed by atoms with Crippen LogP contribution in [-0.4, -0.2) is 31.4 Å². The molecule has 0 saturated carbocycles. The minimum atomic E-state index is 0.0564. The van der Waals surface area contributed by atoms with Crippen molar-refractivity contribution in [2.45, 2.75) is 12.5 Å². The number of carbonyl (C=O) groups excluding carboxylic acids is 1. The van der Waals surface area contributed by atoms with Crippen LogP contribution in [0.25, 0.3) is 11.1 Å². The van der Waals surface area contributed by atoms with E-state index in [-0.39, 0.29) is 11.9 Å². The maximum Gasteiger partial charge on any atom is 0.224 e. The molecule has 1 amide bonds. The first-order valence-corrected chi connectivity index (χ1v) is 9.62. The monoisotopic (exact) mass is 364 g/mol. The maximum absolute atomic E-state index is 12.3. The van der Waals surface area contributed by atoms with E-state index >= 15 is 0 Å². The Labute approximate surface area is 159 Å². The molecule has 3 aromatic rings. The van der Waals surface area contributed by atoms with Gasteiger partial charge in [-0.3, -0.25) is 4.79 Å². The Bertz CT molecular complexity index is 811. The average molecular weight is 365 g/mol. The van der Waals surface area contributed by atoms with Gasteiger partial charge in [-0.15, -0.1) is 11.3 Å². The molecule has 1 aromatic heterocycles. The summed E-state index contributed by atoms with van der Waals surface area (Å²) in [5.74, 6) is 0.0564. The molecular weight excluding hydrogens is 340 g/mol. The zero-order chi connectivity index (χ0) is 18.4. The Morgan fingerprint density at radius 1 is 0.962 bits per heavy atom. The van der Waals surface area contributed by atoms with E-state index in [9.17, 15) is 4.79 Å². The van der Waals surface area contributed by atoms with Crippen LogP contribution < -0.4 is 5.32 Å². The van der Waals surface area contributed by atoms with Crippen molar-refractivity contribution in [3.63, 3.8) is 0 Å². The van der Waals surface area contributed by atoms with E-state index < -0.39 is 0 Å². The molecule has 1 unspecified atom stereocenters. The lowest BCUT2D eigenvalue weighted by molar-refractivity contribution is -0.120. The van der Waals surface area contributed by atoms with E-state index in [1.54, 1.807) is 11.3 Å². The first-order chi connectivity index (χ1) is 12.6. The number of nitrogens with zero attached hydrogens (tertiary/aromatic N) is 1. The Morgan fingerprint density at radius 3 is 2.27 bits per heavy atom. The first-order valence-electron chi connectivity index (χ1n) is 8.74. The molecule has 0 bridgehead atoms. The molecule has 3 rings (SSSR count). The molecule has 0 aliphatic carbocycles. The lowest BCUT2D eigenvalue weighted by atomic mass is 10.0. The van der Waals surface area contributed by atoms with Gasteiger partial charge in [0.25, 0.3) is 0 Å². The summed E-state index contributed by atoms with van der Waals surface area (Å²) in [5.41, 5.74) is 3.38. The number of hydrogen-bond donors (Lipinski definition) is 1. The van der Waals surface area contributed by atoms with Crippen LogP contribution in [0.1, 0.15) is 16.5 Å². The first kappa shape index (κ1) is 18.4. The van der Waals surface area contributed by atoms with Crippen LogP contribution in [-0.2, 0) is 11.2 Å². The number of benzene rings is 2. The van der Waals surface area contributed by atoms with Crippen molar-refractivity contribution in [1.82, 2.24) is 10.2 Å². The predicted molar refractivity (Wildman–Crippen MR) is 109 cm³/mol. The van der Waals surface area contributed by atoms with Crippen molar-refractivity contribution in [3.05, 3.63) is 82.6 Å². The number of thiophene rings is 1. The second-order valence-corrected chi connectivity index (χ2v) is 7.52. The molecule has 0 aliphatic heterocycles. The van der Waals surface area contributed by atoms with Gasteiger partial charge in [-0.2, -0.15) is 0 Å². The second kappa shape index (κ2) is 8.79. The SMILES string of the molecule is CN(C)C(CNC(=O)Cc1ccc(-c2ccccc2)cc1)c1cccs1. The normalized spacial score (nSPS) is 12.1. The van der Waals surface area contributed by atoms with Crippen molar-refractivity contribution in [3.8, 4) is 11.1 Å². The van der Waals surface area contributed by atoms with Crippen LogP contribution in [0.5, 0.6) is 0 Å². The van der Waals surface area contributed by atoms with Crippen LogP contribution in [0.15, 0.2) is 72.1 Å². The van der Waals surface area contributed by atoms with Crippen LogP contribution in [0, 0.1) is 0 Å². The van der Waals surface area contributed by atoms with Gasteiger partial charge in [0.2, 0.25) is 5.91 Å². The van der Waals surface area contributed by atoms with Gasteiger partial charge in [0.05, 0.1) is 12.5 Å². The molecule has 4 heteroatoms. The summed E-state index contributed by atoms with van der Waals surface area (Å²) in [6.45, 7) is 0.619. The van der Waals surface area contributed by atoms with Crippen LogP contribution in [0.2, 0.25) is 0 Å². The van der Waals surface area contributed by atoms with Gasteiger partial charge in [0.1, 0.15) is 0 Å². The third-order valence-electron chi connectivity index (χ3n) is 4.41. The topological polar surface area (TPSA) is 32.3 Å². The molecule has 0 aliphatic rings. The van der Waals surface area contributed by atoms with E-state index in [0.29, 0.717) is 13.0 Å². The van der Waals surface area contributed by atoms with Gasteiger partial charge >= 0.3 is 0 Å². The van der Waals surface area contributed by atoms with E-state index in [4.69, 9.17) is 0 Å². The van der Waals surface area contributed by atoms with Gasteiger partial charge in [-0.25, -0.2) is 0 Å². The zero-order valence-corrected chi connectivity index (χ0v) is 16.0. The number of hydrogen-bond acceptors (Lipinski definition) is 3. The van der Waals surface area contributed by atoms with Crippen LogP contribution in [0.3, 0.4) is 0 Å². The molecule has 1 N–H and O–H groups in total. The summed E-state index contributed by atoms with van der Waals surface area (Å²) in [7, 11) is 4.08. The quantitative estimate of drug-likeness (QED) is 0.675. The Kier molecular flexibility index (Phi) is 6.21. The fraction of sp³-hybridized carbons (Fsp3) is 0.227. The molecular formula is C22H24N2OS. The summed E-state index contributed by atoms with van der Waals surface area (Å²) in [5, 5.41) is 5.14. The van der Waals surface area contributed by atoms with Gasteiger partial charge in [-0.05, 0) is 42.2 Å². The van der Waals surface area contributed by atoms with E-state index in [1.807, 2.05) is 50.5 Å². The number of likely N-dealkylation sites (N-methyl/N-ethyl adjacent to an activating group) is 1. The minimum Gasteiger partial charge on any atom is -0.354 e. The fourth-order valence-corrected chi connectivity index (χ4v) is 3.85. The molecule has 1 heterocycles. The third kappa shape index (κ3) is 4.81. The van der Waals surface area contributed by atoms with E-state index in [0.717, 1.165) is 5.56 Å². The molecule has 0 spiro atoms. The highest BCUT2D eigenvalue weighted by Crippen LogP contribution is 2.22. The second-order valence-electron chi connectivity index (χ2n) is 6.54. The highest BCUT2D eigenvalue weighted by atomic mass is 32.1.